The molecule has 0 saturated carbocycles. The summed E-state index contributed by atoms with van der Waals surface area (Å²) in [7, 11) is -3.87. The SMILES string of the molecule is CCOC(=O)C1CCN(S(=O)(=O)c2cccc(-c3nn(-c4ccccc4)cc3/C=C(/C#N)C(=O)NCc3ccccc3)c2)CC1. The second kappa shape index (κ2) is 14.2. The minimum atomic E-state index is -3.87. The minimum Gasteiger partial charge on any atom is -0.466 e. The summed E-state index contributed by atoms with van der Waals surface area (Å²) >= 11 is 0. The van der Waals surface area contributed by atoms with Crippen LogP contribution in [0.25, 0.3) is 23.0 Å². The quantitative estimate of drug-likeness (QED) is 0.153. The summed E-state index contributed by atoms with van der Waals surface area (Å²) in [6.07, 6.45) is 3.94. The van der Waals surface area contributed by atoms with E-state index in [0.29, 0.717) is 29.7 Å². The predicted molar refractivity (Wildman–Crippen MR) is 169 cm³/mol. The molecule has 0 spiro atoms. The Kier molecular flexibility index (Phi) is 9.87. The average molecular weight is 624 g/mol. The van der Waals surface area contributed by atoms with Crippen LogP contribution in [-0.4, -0.2) is 54.1 Å². The normalized spacial score (nSPS) is 14.4. The summed E-state index contributed by atoms with van der Waals surface area (Å²) in [5, 5.41) is 17.4. The number of hydrogen-bond donors (Lipinski definition) is 1. The zero-order chi connectivity index (χ0) is 31.8. The van der Waals surface area contributed by atoms with Crippen LogP contribution >= 0.6 is 0 Å². The number of ether oxygens (including phenoxy) is 1. The molecule has 10 nitrogen and oxygen atoms in total. The molecule has 230 valence electrons. The highest BCUT2D eigenvalue weighted by molar-refractivity contribution is 7.89. The fourth-order valence-electron chi connectivity index (χ4n) is 5.15. The molecule has 4 aromatic rings. The maximum absolute atomic E-state index is 13.7. The van der Waals surface area contributed by atoms with Crippen LogP contribution in [0.2, 0.25) is 0 Å². The van der Waals surface area contributed by atoms with E-state index in [2.05, 4.69) is 5.32 Å². The van der Waals surface area contributed by atoms with E-state index in [1.807, 2.05) is 66.7 Å². The number of carbonyl (C=O) groups is 2. The molecule has 0 atom stereocenters. The number of amides is 1. The van der Waals surface area contributed by atoms with Gasteiger partial charge in [0.05, 0.1) is 23.1 Å². The molecule has 1 aliphatic heterocycles. The molecule has 1 fully saturated rings. The maximum Gasteiger partial charge on any atom is 0.309 e. The van der Waals surface area contributed by atoms with Crippen molar-refractivity contribution in [2.75, 3.05) is 19.7 Å². The largest absolute Gasteiger partial charge is 0.466 e. The lowest BCUT2D eigenvalue weighted by Gasteiger charge is -2.30. The lowest BCUT2D eigenvalue weighted by molar-refractivity contribution is -0.149. The Hall–Kier alpha value is -5.05. The van der Waals surface area contributed by atoms with E-state index in [9.17, 15) is 23.3 Å². The standard InChI is InChI=1S/C34H33N5O5S/c1-2-44-34(41)26-16-18-38(19-17-26)45(42,43)31-15-9-12-27(21-31)32-29(24-39(37-32)30-13-7-4-8-14-30)20-28(22-35)33(40)36-23-25-10-5-3-6-11-25/h3-15,20-21,24,26H,2,16-19,23H2,1H3,(H,36,40)/b28-20-. The number of sulfonamides is 1. The van der Waals surface area contributed by atoms with Gasteiger partial charge in [-0.05, 0) is 55.7 Å². The molecule has 45 heavy (non-hydrogen) atoms. The zero-order valence-electron chi connectivity index (χ0n) is 24.8. The smallest absolute Gasteiger partial charge is 0.309 e. The van der Waals surface area contributed by atoms with Gasteiger partial charge < -0.3 is 10.1 Å². The number of hydrogen-bond acceptors (Lipinski definition) is 7. The molecular weight excluding hydrogens is 590 g/mol. The highest BCUT2D eigenvalue weighted by Crippen LogP contribution is 2.30. The number of nitrogens with one attached hydrogen (secondary N) is 1. The fraction of sp³-hybridized carbons (Fsp3) is 0.235. The summed E-state index contributed by atoms with van der Waals surface area (Å²) in [4.78, 5) is 25.2. The van der Waals surface area contributed by atoms with Gasteiger partial charge in [0.1, 0.15) is 17.3 Å². The number of aromatic nitrogens is 2. The van der Waals surface area contributed by atoms with E-state index in [-0.39, 0.29) is 48.6 Å². The van der Waals surface area contributed by atoms with E-state index in [4.69, 9.17) is 9.84 Å². The minimum absolute atomic E-state index is 0.0832. The van der Waals surface area contributed by atoms with Crippen molar-refractivity contribution < 1.29 is 22.7 Å². The Bertz CT molecular complexity index is 1840. The van der Waals surface area contributed by atoms with Gasteiger partial charge in [-0.2, -0.15) is 14.7 Å². The number of rotatable bonds is 10. The van der Waals surface area contributed by atoms with E-state index in [1.165, 1.54) is 16.4 Å². The molecule has 1 aliphatic rings. The van der Waals surface area contributed by atoms with E-state index in [0.717, 1.165) is 11.3 Å². The third kappa shape index (κ3) is 7.37. The Morgan fingerprint density at radius 1 is 1.02 bits per heavy atom. The van der Waals surface area contributed by atoms with Crippen LogP contribution in [0.3, 0.4) is 0 Å². The van der Waals surface area contributed by atoms with Crippen molar-refractivity contribution in [3.63, 3.8) is 0 Å². The van der Waals surface area contributed by atoms with Gasteiger partial charge in [-0.3, -0.25) is 9.59 Å². The topological polar surface area (TPSA) is 134 Å². The number of para-hydroxylation sites is 1. The van der Waals surface area contributed by atoms with Crippen molar-refractivity contribution in [2.45, 2.75) is 31.2 Å². The van der Waals surface area contributed by atoms with Crippen LogP contribution in [0.15, 0.2) is 102 Å². The van der Waals surface area contributed by atoms with Crippen molar-refractivity contribution >= 4 is 28.0 Å². The van der Waals surface area contributed by atoms with Crippen molar-refractivity contribution in [1.29, 1.82) is 5.26 Å². The number of carbonyl (C=O) groups excluding carboxylic acids is 2. The lowest BCUT2D eigenvalue weighted by atomic mass is 9.98. The van der Waals surface area contributed by atoms with Crippen LogP contribution in [-0.2, 0) is 30.9 Å². The fourth-order valence-corrected chi connectivity index (χ4v) is 6.67. The first kappa shape index (κ1) is 31.4. The van der Waals surface area contributed by atoms with Crippen LogP contribution in [0.4, 0.5) is 0 Å². The van der Waals surface area contributed by atoms with Crippen molar-refractivity contribution in [3.8, 4) is 23.0 Å². The number of nitriles is 1. The number of nitrogens with zero attached hydrogens (tertiary/aromatic N) is 4. The Balaban J connectivity index is 1.45. The third-order valence-electron chi connectivity index (χ3n) is 7.54. The predicted octanol–water partition coefficient (Wildman–Crippen LogP) is 4.73. The molecule has 0 radical (unpaired) electrons. The first-order valence-electron chi connectivity index (χ1n) is 14.7. The van der Waals surface area contributed by atoms with E-state index in [1.54, 1.807) is 36.0 Å². The number of benzene rings is 3. The Morgan fingerprint density at radius 2 is 1.71 bits per heavy atom. The van der Waals surface area contributed by atoms with Gasteiger partial charge in [-0.1, -0.05) is 60.7 Å². The average Bonchev–Trinajstić information content (AvgIpc) is 3.51. The molecule has 1 amide bonds. The van der Waals surface area contributed by atoms with Gasteiger partial charge >= 0.3 is 5.97 Å². The van der Waals surface area contributed by atoms with Gasteiger partial charge in [-0.15, -0.1) is 0 Å². The highest BCUT2D eigenvalue weighted by Gasteiger charge is 2.33. The van der Waals surface area contributed by atoms with Crippen molar-refractivity contribution in [3.05, 3.63) is 108 Å². The second-order valence-corrected chi connectivity index (χ2v) is 12.4. The van der Waals surface area contributed by atoms with Crippen LogP contribution < -0.4 is 5.32 Å². The van der Waals surface area contributed by atoms with Crippen molar-refractivity contribution in [2.24, 2.45) is 5.92 Å². The molecule has 0 bridgehead atoms. The maximum atomic E-state index is 13.7. The van der Waals surface area contributed by atoms with Gasteiger partial charge in [0.25, 0.3) is 5.91 Å². The third-order valence-corrected chi connectivity index (χ3v) is 9.44. The number of piperidine rings is 1. The van der Waals surface area contributed by atoms with Crippen molar-refractivity contribution in [1.82, 2.24) is 19.4 Å². The molecule has 1 aromatic heterocycles. The summed E-state index contributed by atoms with van der Waals surface area (Å²) in [5.74, 6) is -1.16. The zero-order valence-corrected chi connectivity index (χ0v) is 25.6. The molecule has 1 saturated heterocycles. The van der Waals surface area contributed by atoms with Crippen LogP contribution in [0.5, 0.6) is 0 Å². The molecule has 11 heteroatoms. The molecular formula is C34H33N5O5S. The summed E-state index contributed by atoms with van der Waals surface area (Å²) in [6, 6.07) is 27.1. The lowest BCUT2D eigenvalue weighted by Crippen LogP contribution is -2.40. The summed E-state index contributed by atoms with van der Waals surface area (Å²) < 4.78 is 35.5. The van der Waals surface area contributed by atoms with Gasteiger partial charge in [0.2, 0.25) is 10.0 Å². The van der Waals surface area contributed by atoms with Gasteiger partial charge in [0, 0.05) is 37.0 Å². The van der Waals surface area contributed by atoms with E-state index < -0.39 is 15.9 Å². The van der Waals surface area contributed by atoms with Crippen LogP contribution in [0, 0.1) is 17.2 Å². The second-order valence-electron chi connectivity index (χ2n) is 10.5. The van der Waals surface area contributed by atoms with Gasteiger partial charge in [-0.25, -0.2) is 13.1 Å². The number of esters is 1. The molecule has 1 N–H and O–H groups in total. The Morgan fingerprint density at radius 3 is 2.38 bits per heavy atom. The molecule has 2 heterocycles. The first-order valence-corrected chi connectivity index (χ1v) is 16.1. The van der Waals surface area contributed by atoms with Gasteiger partial charge in [0.15, 0.2) is 0 Å². The highest BCUT2D eigenvalue weighted by atomic mass is 32.2. The monoisotopic (exact) mass is 623 g/mol. The Labute approximate surface area is 262 Å². The van der Waals surface area contributed by atoms with Crippen LogP contribution in [0.1, 0.15) is 30.9 Å². The first-order chi connectivity index (χ1) is 21.8. The molecule has 3 aromatic carbocycles. The summed E-state index contributed by atoms with van der Waals surface area (Å²) in [6.45, 7) is 2.70. The molecule has 0 unspecified atom stereocenters. The molecule has 5 rings (SSSR count). The van der Waals surface area contributed by atoms with E-state index >= 15 is 0 Å². The summed E-state index contributed by atoms with van der Waals surface area (Å²) in [5.41, 5.74) is 2.89. The molecule has 0 aliphatic carbocycles.